The molecule has 0 spiro atoms. The summed E-state index contributed by atoms with van der Waals surface area (Å²) in [6.07, 6.45) is 0. The van der Waals surface area contributed by atoms with E-state index in [9.17, 15) is 0 Å². The van der Waals surface area contributed by atoms with Gasteiger partial charge < -0.3 is 5.73 Å². The van der Waals surface area contributed by atoms with Crippen LogP contribution >= 0.6 is 0 Å². The van der Waals surface area contributed by atoms with Crippen LogP contribution in [0.4, 0.5) is 5.69 Å². The van der Waals surface area contributed by atoms with E-state index in [2.05, 4.69) is 16.4 Å². The lowest BCUT2D eigenvalue weighted by molar-refractivity contribution is 0.825. The molecule has 1 aromatic heterocycles. The largest absolute Gasteiger partial charge is 0.397 e. The number of nitrogens with zero attached hydrogens (tertiary/aromatic N) is 4. The lowest BCUT2D eigenvalue weighted by Crippen LogP contribution is -2.02. The molecule has 0 aliphatic heterocycles. The normalized spacial score (nSPS) is 10.4. The first-order valence-electron chi connectivity index (χ1n) is 5.40. The Balaban J connectivity index is 2.30. The van der Waals surface area contributed by atoms with Gasteiger partial charge in [-0.25, -0.2) is 4.68 Å². The minimum atomic E-state index is 0.541. The molecule has 0 saturated carbocycles. The van der Waals surface area contributed by atoms with Gasteiger partial charge in [0.25, 0.3) is 0 Å². The van der Waals surface area contributed by atoms with E-state index in [1.54, 1.807) is 22.9 Å². The molecule has 1 heterocycles. The van der Waals surface area contributed by atoms with Crippen LogP contribution < -0.4 is 5.73 Å². The van der Waals surface area contributed by atoms with Gasteiger partial charge in [-0.2, -0.15) is 5.26 Å². The van der Waals surface area contributed by atoms with E-state index in [1.807, 2.05) is 24.3 Å². The molecule has 0 aliphatic carbocycles. The summed E-state index contributed by atoms with van der Waals surface area (Å²) < 4.78 is 1.64. The average Bonchev–Trinajstić information content (AvgIpc) is 2.83. The fourth-order valence-electron chi connectivity index (χ4n) is 1.84. The average molecular weight is 235 g/mol. The van der Waals surface area contributed by atoms with Crippen molar-refractivity contribution in [2.75, 3.05) is 5.73 Å². The van der Waals surface area contributed by atoms with Gasteiger partial charge >= 0.3 is 0 Å². The van der Waals surface area contributed by atoms with Crippen LogP contribution in [0.3, 0.4) is 0 Å². The van der Waals surface area contributed by atoms with Crippen molar-refractivity contribution in [1.29, 1.82) is 5.26 Å². The topological polar surface area (TPSA) is 80.5 Å². The van der Waals surface area contributed by atoms with Gasteiger partial charge in [-0.3, -0.25) is 0 Å². The Kier molecular flexibility index (Phi) is 2.21. The van der Waals surface area contributed by atoms with E-state index in [0.717, 1.165) is 11.0 Å². The van der Waals surface area contributed by atoms with Crippen LogP contribution in [0.1, 0.15) is 5.56 Å². The Morgan fingerprint density at radius 2 is 2.00 bits per heavy atom. The summed E-state index contributed by atoms with van der Waals surface area (Å²) >= 11 is 0. The quantitative estimate of drug-likeness (QED) is 0.653. The van der Waals surface area contributed by atoms with Crippen molar-refractivity contribution in [1.82, 2.24) is 15.0 Å². The number of benzene rings is 2. The number of hydrogen-bond donors (Lipinski definition) is 1. The number of nitrogens with two attached hydrogens (primary N) is 1. The molecule has 18 heavy (non-hydrogen) atoms. The fraction of sp³-hybridized carbons (Fsp3) is 0. The molecular weight excluding hydrogens is 226 g/mol. The Hall–Kier alpha value is -2.87. The van der Waals surface area contributed by atoms with Crippen molar-refractivity contribution >= 4 is 16.7 Å². The number of nitrogen functional groups attached to an aromatic ring is 1. The number of fused-ring (bicyclic) bond motifs is 1. The Bertz CT molecular complexity index is 766. The zero-order valence-electron chi connectivity index (χ0n) is 9.41. The van der Waals surface area contributed by atoms with Crippen molar-refractivity contribution in [3.05, 3.63) is 48.0 Å². The predicted molar refractivity (Wildman–Crippen MR) is 68.0 cm³/mol. The molecule has 3 rings (SSSR count). The summed E-state index contributed by atoms with van der Waals surface area (Å²) in [6, 6.07) is 14.8. The van der Waals surface area contributed by atoms with Crippen molar-refractivity contribution < 1.29 is 0 Å². The molecule has 0 aliphatic rings. The maximum absolute atomic E-state index is 8.93. The second kappa shape index (κ2) is 3.86. The molecule has 5 nitrogen and oxygen atoms in total. The highest BCUT2D eigenvalue weighted by Gasteiger charge is 2.09. The van der Waals surface area contributed by atoms with Crippen LogP contribution in [0.2, 0.25) is 0 Å². The summed E-state index contributed by atoms with van der Waals surface area (Å²) in [4.78, 5) is 0. The van der Waals surface area contributed by atoms with Crippen molar-refractivity contribution in [2.45, 2.75) is 0 Å². The zero-order chi connectivity index (χ0) is 12.5. The van der Waals surface area contributed by atoms with Gasteiger partial charge in [0.2, 0.25) is 0 Å². The molecule has 0 radical (unpaired) electrons. The first-order valence-corrected chi connectivity index (χ1v) is 5.40. The monoisotopic (exact) mass is 235 g/mol. The molecule has 0 bridgehead atoms. The van der Waals surface area contributed by atoms with E-state index >= 15 is 0 Å². The van der Waals surface area contributed by atoms with Gasteiger partial charge in [0.1, 0.15) is 5.52 Å². The third kappa shape index (κ3) is 1.48. The lowest BCUT2D eigenvalue weighted by Gasteiger charge is -2.06. The minimum absolute atomic E-state index is 0.541. The minimum Gasteiger partial charge on any atom is -0.397 e. The molecule has 3 aromatic rings. The van der Waals surface area contributed by atoms with Crippen LogP contribution in [0.5, 0.6) is 0 Å². The van der Waals surface area contributed by atoms with Crippen LogP contribution in [-0.2, 0) is 0 Å². The van der Waals surface area contributed by atoms with E-state index in [0.29, 0.717) is 16.9 Å². The number of aromatic nitrogens is 3. The highest BCUT2D eigenvalue weighted by Crippen LogP contribution is 2.22. The summed E-state index contributed by atoms with van der Waals surface area (Å²) in [7, 11) is 0. The van der Waals surface area contributed by atoms with E-state index in [4.69, 9.17) is 11.0 Å². The molecule has 86 valence electrons. The van der Waals surface area contributed by atoms with E-state index in [-0.39, 0.29) is 0 Å². The predicted octanol–water partition coefficient (Wildman–Crippen LogP) is 1.87. The highest BCUT2D eigenvalue weighted by molar-refractivity contribution is 5.77. The maximum Gasteiger partial charge on any atom is 0.113 e. The SMILES string of the molecule is N#Cc1ccc(N)c(-n2nnc3ccccc32)c1. The molecule has 0 amide bonds. The first kappa shape index (κ1) is 10.3. The molecule has 0 saturated heterocycles. The van der Waals surface area contributed by atoms with Crippen LogP contribution in [0.25, 0.3) is 16.7 Å². The molecule has 0 fully saturated rings. The van der Waals surface area contributed by atoms with Gasteiger partial charge in [-0.05, 0) is 30.3 Å². The summed E-state index contributed by atoms with van der Waals surface area (Å²) in [5, 5.41) is 17.1. The Labute approximate surface area is 103 Å². The number of rotatable bonds is 1. The van der Waals surface area contributed by atoms with Crippen LogP contribution in [0, 0.1) is 11.3 Å². The summed E-state index contributed by atoms with van der Waals surface area (Å²) in [5.41, 5.74) is 9.35. The van der Waals surface area contributed by atoms with Gasteiger partial charge in [-0.1, -0.05) is 17.3 Å². The van der Waals surface area contributed by atoms with Crippen molar-refractivity contribution in [3.63, 3.8) is 0 Å². The zero-order valence-corrected chi connectivity index (χ0v) is 9.41. The number of nitriles is 1. The lowest BCUT2D eigenvalue weighted by atomic mass is 10.2. The molecule has 5 heteroatoms. The fourth-order valence-corrected chi connectivity index (χ4v) is 1.84. The number of para-hydroxylation sites is 1. The second-order valence-corrected chi connectivity index (χ2v) is 3.88. The molecular formula is C13H9N5. The first-order chi connectivity index (χ1) is 8.79. The third-order valence-corrected chi connectivity index (χ3v) is 2.74. The second-order valence-electron chi connectivity index (χ2n) is 3.88. The van der Waals surface area contributed by atoms with Gasteiger partial charge in [0, 0.05) is 0 Å². The van der Waals surface area contributed by atoms with Crippen molar-refractivity contribution in [3.8, 4) is 11.8 Å². The van der Waals surface area contributed by atoms with Gasteiger partial charge in [0.15, 0.2) is 0 Å². The molecule has 0 unspecified atom stereocenters. The van der Waals surface area contributed by atoms with Crippen LogP contribution in [0.15, 0.2) is 42.5 Å². The highest BCUT2D eigenvalue weighted by atomic mass is 15.4. The maximum atomic E-state index is 8.93. The van der Waals surface area contributed by atoms with E-state index in [1.165, 1.54) is 0 Å². The summed E-state index contributed by atoms with van der Waals surface area (Å²) in [6.45, 7) is 0. The standard InChI is InChI=1S/C13H9N5/c14-8-9-5-6-10(15)13(7-9)18-12-4-2-1-3-11(12)16-17-18/h1-7H,15H2. The number of anilines is 1. The number of hydrogen-bond acceptors (Lipinski definition) is 4. The van der Waals surface area contributed by atoms with E-state index < -0.39 is 0 Å². The Morgan fingerprint density at radius 3 is 2.83 bits per heavy atom. The van der Waals surface area contributed by atoms with Crippen molar-refractivity contribution in [2.24, 2.45) is 0 Å². The summed E-state index contributed by atoms with van der Waals surface area (Å²) in [5.74, 6) is 0. The van der Waals surface area contributed by atoms with Gasteiger partial charge in [-0.15, -0.1) is 5.10 Å². The Morgan fingerprint density at radius 1 is 1.17 bits per heavy atom. The smallest absolute Gasteiger partial charge is 0.113 e. The molecule has 2 N–H and O–H groups in total. The molecule has 0 atom stereocenters. The molecule has 2 aromatic carbocycles. The van der Waals surface area contributed by atoms with Gasteiger partial charge in [0.05, 0.1) is 28.5 Å². The van der Waals surface area contributed by atoms with Crippen LogP contribution in [-0.4, -0.2) is 15.0 Å². The third-order valence-electron chi connectivity index (χ3n) is 2.74.